The number of hydrogen-bond donors (Lipinski definition) is 2. The largest absolute Gasteiger partial charge is 0.472 e. The van der Waals surface area contributed by atoms with Gasteiger partial charge in [0.15, 0.2) is 6.23 Å². The molecule has 1 atom stereocenters. The van der Waals surface area contributed by atoms with Gasteiger partial charge in [-0.15, -0.1) is 0 Å². The van der Waals surface area contributed by atoms with E-state index in [1.807, 2.05) is 17.0 Å². The summed E-state index contributed by atoms with van der Waals surface area (Å²) in [6, 6.07) is 3.77. The second-order valence-corrected chi connectivity index (χ2v) is 4.02. The fourth-order valence-electron chi connectivity index (χ4n) is 1.94. The van der Waals surface area contributed by atoms with E-state index in [0.717, 1.165) is 23.4 Å². The molecule has 1 unspecified atom stereocenters. The van der Waals surface area contributed by atoms with Crippen LogP contribution < -0.4 is 0 Å². The maximum atomic E-state index is 10.1. The van der Waals surface area contributed by atoms with Gasteiger partial charge in [0.1, 0.15) is 5.82 Å². The van der Waals surface area contributed by atoms with Crippen molar-refractivity contribution in [1.82, 2.24) is 9.88 Å². The van der Waals surface area contributed by atoms with Crippen molar-refractivity contribution in [3.63, 3.8) is 0 Å². The third kappa shape index (κ3) is 1.85. The third-order valence-corrected chi connectivity index (χ3v) is 2.92. The van der Waals surface area contributed by atoms with Gasteiger partial charge in [-0.05, 0) is 24.1 Å². The Bertz CT molecular complexity index is 516. The van der Waals surface area contributed by atoms with Crippen LogP contribution in [0.2, 0.25) is 0 Å². The lowest BCUT2D eigenvalue weighted by Crippen LogP contribution is -2.31. The van der Waals surface area contributed by atoms with Gasteiger partial charge in [0, 0.05) is 18.3 Å². The lowest BCUT2D eigenvalue weighted by Gasteiger charge is -2.28. The van der Waals surface area contributed by atoms with Gasteiger partial charge in [0.05, 0.1) is 18.9 Å². The summed E-state index contributed by atoms with van der Waals surface area (Å²) in [4.78, 5) is 9.03. The Labute approximate surface area is 98.4 Å². The first-order valence-corrected chi connectivity index (χ1v) is 5.51. The average molecular weight is 231 g/mol. The zero-order valence-corrected chi connectivity index (χ0v) is 9.21. The van der Waals surface area contributed by atoms with Crippen LogP contribution in [0.5, 0.6) is 0 Å². The molecule has 0 spiro atoms. The molecule has 2 aromatic rings. The molecule has 3 rings (SSSR count). The predicted octanol–water partition coefficient (Wildman–Crippen LogP) is 1.82. The molecule has 0 fully saturated rings. The van der Waals surface area contributed by atoms with Crippen molar-refractivity contribution in [3.05, 3.63) is 42.0 Å². The van der Waals surface area contributed by atoms with Crippen molar-refractivity contribution >= 4 is 12.2 Å². The number of rotatable bonds is 3. The number of aliphatic imine (C=N–C) groups is 1. The zero-order valence-electron chi connectivity index (χ0n) is 9.21. The van der Waals surface area contributed by atoms with Crippen LogP contribution in [-0.4, -0.2) is 27.9 Å². The molecule has 17 heavy (non-hydrogen) atoms. The number of aliphatic hydroxyl groups excluding tert-OH is 1. The van der Waals surface area contributed by atoms with E-state index in [1.165, 1.54) is 0 Å². The highest BCUT2D eigenvalue weighted by Crippen LogP contribution is 2.29. The summed E-state index contributed by atoms with van der Waals surface area (Å²) < 4.78 is 5.01. The smallest absolute Gasteiger partial charge is 0.157 e. The van der Waals surface area contributed by atoms with Crippen LogP contribution in [0.15, 0.2) is 40.3 Å². The van der Waals surface area contributed by atoms with E-state index in [9.17, 15) is 5.11 Å². The minimum atomic E-state index is -0.624. The normalized spacial score (nSPS) is 18.4. The van der Waals surface area contributed by atoms with Crippen LogP contribution in [-0.2, 0) is 6.42 Å². The summed E-state index contributed by atoms with van der Waals surface area (Å²) in [5.41, 5.74) is 1.94. The Balaban J connectivity index is 1.69. The molecule has 5 nitrogen and oxygen atoms in total. The first kappa shape index (κ1) is 10.2. The number of furan rings is 1. The van der Waals surface area contributed by atoms with Crippen molar-refractivity contribution in [2.45, 2.75) is 12.6 Å². The standard InChI is InChI=1S/C12H13N3O2/c16-12-10-1-4-13-11(10)14-8-15(12)5-2-9-3-6-17-7-9/h1,3-4,6-8,12-13,16H,2,5H2. The SMILES string of the molecule is OC1c2cc[nH]c2N=CN1CCc1ccoc1. The maximum Gasteiger partial charge on any atom is 0.157 e. The van der Waals surface area contributed by atoms with Gasteiger partial charge < -0.3 is 19.4 Å². The Hall–Kier alpha value is -2.01. The molecular weight excluding hydrogens is 218 g/mol. The van der Waals surface area contributed by atoms with E-state index in [2.05, 4.69) is 9.98 Å². The summed E-state index contributed by atoms with van der Waals surface area (Å²) in [5.74, 6) is 0.733. The first-order valence-electron chi connectivity index (χ1n) is 5.51. The lowest BCUT2D eigenvalue weighted by molar-refractivity contribution is 0.0552. The molecule has 0 saturated heterocycles. The van der Waals surface area contributed by atoms with E-state index >= 15 is 0 Å². The van der Waals surface area contributed by atoms with Gasteiger partial charge in [0.25, 0.3) is 0 Å². The van der Waals surface area contributed by atoms with Gasteiger partial charge in [-0.2, -0.15) is 0 Å². The van der Waals surface area contributed by atoms with Crippen LogP contribution in [0.25, 0.3) is 0 Å². The monoisotopic (exact) mass is 231 g/mol. The molecule has 2 aromatic heterocycles. The van der Waals surface area contributed by atoms with E-state index in [-0.39, 0.29) is 0 Å². The number of nitrogens with one attached hydrogen (secondary N) is 1. The minimum absolute atomic E-state index is 0.624. The fourth-order valence-corrected chi connectivity index (χ4v) is 1.94. The van der Waals surface area contributed by atoms with Crippen LogP contribution in [0.1, 0.15) is 17.4 Å². The summed E-state index contributed by atoms with van der Waals surface area (Å²) in [6.07, 6.45) is 7.02. The van der Waals surface area contributed by atoms with Gasteiger partial charge in [-0.1, -0.05) is 0 Å². The van der Waals surface area contributed by atoms with Crippen LogP contribution in [0, 0.1) is 0 Å². The molecule has 1 aliphatic heterocycles. The Morgan fingerprint density at radius 2 is 2.41 bits per heavy atom. The number of aromatic nitrogens is 1. The quantitative estimate of drug-likeness (QED) is 0.846. The van der Waals surface area contributed by atoms with Crippen molar-refractivity contribution in [3.8, 4) is 0 Å². The number of aromatic amines is 1. The molecular formula is C12H13N3O2. The van der Waals surface area contributed by atoms with E-state index in [1.54, 1.807) is 25.1 Å². The second kappa shape index (κ2) is 4.10. The molecule has 0 amide bonds. The second-order valence-electron chi connectivity index (χ2n) is 4.02. The number of aliphatic hydroxyl groups is 1. The Kier molecular flexibility index (Phi) is 2.45. The molecule has 1 aliphatic rings. The number of hydrogen-bond acceptors (Lipinski definition) is 4. The third-order valence-electron chi connectivity index (χ3n) is 2.92. The topological polar surface area (TPSA) is 64.8 Å². The molecule has 0 bridgehead atoms. The van der Waals surface area contributed by atoms with E-state index in [4.69, 9.17) is 4.42 Å². The van der Waals surface area contributed by atoms with E-state index < -0.39 is 6.23 Å². The van der Waals surface area contributed by atoms with Crippen LogP contribution in [0.4, 0.5) is 5.82 Å². The highest BCUT2D eigenvalue weighted by Gasteiger charge is 2.22. The molecule has 5 heteroatoms. The summed E-state index contributed by atoms with van der Waals surface area (Å²) in [7, 11) is 0. The maximum absolute atomic E-state index is 10.1. The first-order chi connectivity index (χ1) is 8.34. The van der Waals surface area contributed by atoms with Crippen molar-refractivity contribution < 1.29 is 9.52 Å². The fraction of sp³-hybridized carbons (Fsp3) is 0.250. The molecule has 3 heterocycles. The number of nitrogens with zero attached hydrogens (tertiary/aromatic N) is 2. The molecule has 0 aromatic carbocycles. The van der Waals surface area contributed by atoms with Crippen molar-refractivity contribution in [2.75, 3.05) is 6.54 Å². The summed E-state index contributed by atoms with van der Waals surface area (Å²) in [5, 5.41) is 10.1. The Morgan fingerprint density at radius 1 is 1.47 bits per heavy atom. The van der Waals surface area contributed by atoms with Crippen molar-refractivity contribution in [1.29, 1.82) is 0 Å². The molecule has 0 radical (unpaired) electrons. The highest BCUT2D eigenvalue weighted by molar-refractivity contribution is 5.65. The highest BCUT2D eigenvalue weighted by atomic mass is 16.3. The van der Waals surface area contributed by atoms with Gasteiger partial charge >= 0.3 is 0 Å². The number of H-pyrrole nitrogens is 1. The summed E-state index contributed by atoms with van der Waals surface area (Å²) >= 11 is 0. The van der Waals surface area contributed by atoms with Gasteiger partial charge in [0.2, 0.25) is 0 Å². The molecule has 88 valence electrons. The summed E-state index contributed by atoms with van der Waals surface area (Å²) in [6.45, 7) is 0.703. The molecule has 2 N–H and O–H groups in total. The van der Waals surface area contributed by atoms with Crippen LogP contribution in [0.3, 0.4) is 0 Å². The Morgan fingerprint density at radius 3 is 3.24 bits per heavy atom. The van der Waals surface area contributed by atoms with Crippen LogP contribution >= 0.6 is 0 Å². The zero-order chi connectivity index (χ0) is 11.7. The molecule has 0 saturated carbocycles. The van der Waals surface area contributed by atoms with Gasteiger partial charge in [-0.25, -0.2) is 4.99 Å². The number of fused-ring (bicyclic) bond motifs is 1. The average Bonchev–Trinajstić information content (AvgIpc) is 2.99. The predicted molar refractivity (Wildman–Crippen MR) is 63.0 cm³/mol. The molecule has 0 aliphatic carbocycles. The van der Waals surface area contributed by atoms with Gasteiger partial charge in [-0.3, -0.25) is 0 Å². The van der Waals surface area contributed by atoms with E-state index in [0.29, 0.717) is 6.54 Å². The van der Waals surface area contributed by atoms with Crippen molar-refractivity contribution in [2.24, 2.45) is 4.99 Å². The lowest BCUT2D eigenvalue weighted by atomic mass is 10.2. The minimum Gasteiger partial charge on any atom is -0.472 e.